The zero-order chi connectivity index (χ0) is 16.5. The lowest BCUT2D eigenvalue weighted by molar-refractivity contribution is 0.0947. The predicted octanol–water partition coefficient (Wildman–Crippen LogP) is 3.42. The summed E-state index contributed by atoms with van der Waals surface area (Å²) in [7, 11) is 0. The molecule has 0 aliphatic rings. The minimum absolute atomic E-state index is 0.130. The van der Waals surface area contributed by atoms with Gasteiger partial charge in [0.2, 0.25) is 0 Å². The number of hydrogen-bond acceptors (Lipinski definition) is 3. The van der Waals surface area contributed by atoms with Crippen LogP contribution in [-0.2, 0) is 12.8 Å². The second-order valence-electron chi connectivity index (χ2n) is 5.68. The summed E-state index contributed by atoms with van der Waals surface area (Å²) >= 11 is 6.71. The maximum atomic E-state index is 12.2. The number of hydrogen-bond donors (Lipinski definition) is 3. The highest BCUT2D eigenvalue weighted by molar-refractivity contribution is 7.80. The number of thiophene rings is 1. The molecular formula is C16H27N3OS2. The first kappa shape index (κ1) is 18.9. The van der Waals surface area contributed by atoms with Gasteiger partial charge in [-0.25, -0.2) is 0 Å². The normalized spacial score (nSPS) is 10.6. The van der Waals surface area contributed by atoms with Crippen LogP contribution in [0.15, 0.2) is 6.07 Å². The molecule has 3 N–H and O–H groups in total. The Hall–Kier alpha value is -1.14. The lowest BCUT2D eigenvalue weighted by atomic mass is 10.1. The number of amides is 1. The molecule has 0 saturated heterocycles. The first-order chi connectivity index (χ1) is 10.5. The quantitative estimate of drug-likeness (QED) is 0.525. The summed E-state index contributed by atoms with van der Waals surface area (Å²) in [5.41, 5.74) is 6.70. The van der Waals surface area contributed by atoms with Gasteiger partial charge in [0.05, 0.1) is 4.88 Å². The Labute approximate surface area is 143 Å². The third-order valence-corrected chi connectivity index (χ3v) is 4.76. The SMILES string of the molecule is CCCc1sc(C(=O)NNC(=S)NCCC(C)C)cc1CC. The maximum absolute atomic E-state index is 12.2. The van der Waals surface area contributed by atoms with Crippen molar-refractivity contribution in [3.63, 3.8) is 0 Å². The van der Waals surface area contributed by atoms with E-state index in [-0.39, 0.29) is 5.91 Å². The number of carbonyl (C=O) groups excluding carboxylic acids is 1. The molecule has 0 aromatic carbocycles. The van der Waals surface area contributed by atoms with Crippen LogP contribution in [-0.4, -0.2) is 17.6 Å². The molecule has 1 aromatic heterocycles. The number of aryl methyl sites for hydroxylation is 2. The van der Waals surface area contributed by atoms with Gasteiger partial charge in [0, 0.05) is 11.4 Å². The second kappa shape index (κ2) is 9.79. The Bertz CT molecular complexity index is 498. The van der Waals surface area contributed by atoms with Gasteiger partial charge in [0.25, 0.3) is 5.91 Å². The van der Waals surface area contributed by atoms with Gasteiger partial charge in [-0.1, -0.05) is 34.1 Å². The van der Waals surface area contributed by atoms with E-state index in [0.29, 0.717) is 11.0 Å². The summed E-state index contributed by atoms with van der Waals surface area (Å²) < 4.78 is 0. The van der Waals surface area contributed by atoms with Crippen LogP contribution in [0.4, 0.5) is 0 Å². The molecule has 0 bridgehead atoms. The Balaban J connectivity index is 2.46. The van der Waals surface area contributed by atoms with Gasteiger partial charge >= 0.3 is 0 Å². The number of carbonyl (C=O) groups is 1. The zero-order valence-corrected chi connectivity index (χ0v) is 15.5. The molecule has 4 nitrogen and oxygen atoms in total. The standard InChI is InChI=1S/C16H27N3OS2/c1-5-7-13-12(6-2)10-14(22-13)15(20)18-19-16(21)17-9-8-11(3)4/h10-11H,5-9H2,1-4H3,(H,18,20)(H2,17,19,21). The van der Waals surface area contributed by atoms with Gasteiger partial charge in [0.15, 0.2) is 5.11 Å². The third kappa shape index (κ3) is 6.32. The van der Waals surface area contributed by atoms with Crippen LogP contribution in [0, 0.1) is 5.92 Å². The van der Waals surface area contributed by atoms with E-state index in [4.69, 9.17) is 12.2 Å². The summed E-state index contributed by atoms with van der Waals surface area (Å²) in [6, 6.07) is 1.99. The summed E-state index contributed by atoms with van der Waals surface area (Å²) in [5, 5.41) is 3.53. The van der Waals surface area contributed by atoms with Crippen LogP contribution < -0.4 is 16.2 Å². The molecule has 1 amide bonds. The molecule has 1 aromatic rings. The predicted molar refractivity (Wildman–Crippen MR) is 98.3 cm³/mol. The molecule has 0 unspecified atom stereocenters. The van der Waals surface area contributed by atoms with Crippen molar-refractivity contribution in [2.24, 2.45) is 5.92 Å². The highest BCUT2D eigenvalue weighted by atomic mass is 32.1. The van der Waals surface area contributed by atoms with Gasteiger partial charge in [-0.3, -0.25) is 15.6 Å². The number of thiocarbonyl (C=S) groups is 1. The molecule has 0 radical (unpaired) electrons. The van der Waals surface area contributed by atoms with E-state index in [1.54, 1.807) is 11.3 Å². The zero-order valence-electron chi connectivity index (χ0n) is 13.9. The second-order valence-corrected chi connectivity index (χ2v) is 7.23. The molecule has 124 valence electrons. The number of rotatable bonds is 7. The van der Waals surface area contributed by atoms with Gasteiger partial charge in [-0.15, -0.1) is 11.3 Å². The van der Waals surface area contributed by atoms with Crippen molar-refractivity contribution in [2.75, 3.05) is 6.54 Å². The van der Waals surface area contributed by atoms with E-state index >= 15 is 0 Å². The summed E-state index contributed by atoms with van der Waals surface area (Å²) in [4.78, 5) is 14.2. The third-order valence-electron chi connectivity index (χ3n) is 3.28. The average Bonchev–Trinajstić information content (AvgIpc) is 2.88. The van der Waals surface area contributed by atoms with Crippen molar-refractivity contribution >= 4 is 34.6 Å². The van der Waals surface area contributed by atoms with Gasteiger partial charge in [-0.05, 0) is 49.0 Å². The van der Waals surface area contributed by atoms with E-state index in [9.17, 15) is 4.79 Å². The fourth-order valence-corrected chi connectivity index (χ4v) is 3.41. The minimum atomic E-state index is -0.130. The Morgan fingerprint density at radius 3 is 2.64 bits per heavy atom. The van der Waals surface area contributed by atoms with Crippen molar-refractivity contribution in [1.29, 1.82) is 0 Å². The fraction of sp³-hybridized carbons (Fsp3) is 0.625. The monoisotopic (exact) mass is 341 g/mol. The van der Waals surface area contributed by atoms with Crippen LogP contribution >= 0.6 is 23.6 Å². The molecular weight excluding hydrogens is 314 g/mol. The minimum Gasteiger partial charge on any atom is -0.361 e. The number of nitrogens with one attached hydrogen (secondary N) is 3. The van der Waals surface area contributed by atoms with E-state index in [2.05, 4.69) is 43.9 Å². The summed E-state index contributed by atoms with van der Waals surface area (Å²) in [5.74, 6) is 0.496. The van der Waals surface area contributed by atoms with Gasteiger partial charge in [0.1, 0.15) is 0 Å². The Morgan fingerprint density at radius 1 is 1.32 bits per heavy atom. The fourth-order valence-electron chi connectivity index (χ4n) is 2.01. The Kier molecular flexibility index (Phi) is 8.42. The molecule has 1 rings (SSSR count). The highest BCUT2D eigenvalue weighted by Crippen LogP contribution is 2.24. The van der Waals surface area contributed by atoms with Crippen LogP contribution in [0.5, 0.6) is 0 Å². The lowest BCUT2D eigenvalue weighted by Gasteiger charge is -2.11. The first-order valence-corrected chi connectivity index (χ1v) is 9.16. The van der Waals surface area contributed by atoms with Crippen molar-refractivity contribution in [2.45, 2.75) is 53.4 Å². The average molecular weight is 342 g/mol. The van der Waals surface area contributed by atoms with Crippen molar-refractivity contribution < 1.29 is 4.79 Å². The molecule has 22 heavy (non-hydrogen) atoms. The van der Waals surface area contributed by atoms with Crippen molar-refractivity contribution in [3.05, 3.63) is 21.4 Å². The largest absolute Gasteiger partial charge is 0.361 e. The van der Waals surface area contributed by atoms with E-state index in [1.165, 1.54) is 10.4 Å². The van der Waals surface area contributed by atoms with Crippen LogP contribution in [0.1, 0.15) is 60.6 Å². The molecule has 6 heteroatoms. The molecule has 0 saturated carbocycles. The molecule has 0 spiro atoms. The summed E-state index contributed by atoms with van der Waals surface area (Å²) in [6.07, 6.45) is 4.13. The van der Waals surface area contributed by atoms with E-state index in [1.807, 2.05) is 6.07 Å². The number of hydrazine groups is 1. The highest BCUT2D eigenvalue weighted by Gasteiger charge is 2.13. The smallest absolute Gasteiger partial charge is 0.279 e. The molecule has 0 atom stereocenters. The first-order valence-electron chi connectivity index (χ1n) is 7.93. The van der Waals surface area contributed by atoms with Gasteiger partial charge in [-0.2, -0.15) is 0 Å². The van der Waals surface area contributed by atoms with Crippen LogP contribution in [0.2, 0.25) is 0 Å². The molecule has 0 fully saturated rings. The topological polar surface area (TPSA) is 53.2 Å². The van der Waals surface area contributed by atoms with Crippen molar-refractivity contribution in [1.82, 2.24) is 16.2 Å². The van der Waals surface area contributed by atoms with Gasteiger partial charge < -0.3 is 5.32 Å². The lowest BCUT2D eigenvalue weighted by Crippen LogP contribution is -2.46. The molecule has 0 aliphatic carbocycles. The van der Waals surface area contributed by atoms with Crippen LogP contribution in [0.25, 0.3) is 0 Å². The maximum Gasteiger partial charge on any atom is 0.279 e. The molecule has 0 aliphatic heterocycles. The Morgan fingerprint density at radius 2 is 2.05 bits per heavy atom. The van der Waals surface area contributed by atoms with E-state index < -0.39 is 0 Å². The van der Waals surface area contributed by atoms with Crippen LogP contribution in [0.3, 0.4) is 0 Å². The molecule has 1 heterocycles. The van der Waals surface area contributed by atoms with Crippen molar-refractivity contribution in [3.8, 4) is 0 Å². The van der Waals surface area contributed by atoms with E-state index in [0.717, 1.165) is 37.1 Å². The summed E-state index contributed by atoms with van der Waals surface area (Å²) in [6.45, 7) is 9.40.